The zero-order chi connectivity index (χ0) is 19.8. The Kier molecular flexibility index (Phi) is 5.18. The van der Waals surface area contributed by atoms with Gasteiger partial charge in [0.15, 0.2) is 4.77 Å². The molecule has 2 aromatic rings. The summed E-state index contributed by atoms with van der Waals surface area (Å²) >= 11 is 5.28. The van der Waals surface area contributed by atoms with Crippen molar-refractivity contribution >= 4 is 29.3 Å². The van der Waals surface area contributed by atoms with Crippen molar-refractivity contribution in [1.82, 2.24) is 19.4 Å². The predicted octanol–water partition coefficient (Wildman–Crippen LogP) is 2.80. The fraction of sp³-hybridized carbons (Fsp3) is 0.611. The van der Waals surface area contributed by atoms with Gasteiger partial charge in [-0.15, -0.1) is 0 Å². The van der Waals surface area contributed by atoms with Crippen LogP contribution in [0.4, 0.5) is 4.79 Å². The molecule has 0 radical (unpaired) electrons. The van der Waals surface area contributed by atoms with Crippen LogP contribution in [-0.2, 0) is 16.0 Å². The predicted molar refractivity (Wildman–Crippen MR) is 105 cm³/mol. The van der Waals surface area contributed by atoms with Crippen LogP contribution >= 0.6 is 12.2 Å². The van der Waals surface area contributed by atoms with E-state index < -0.39 is 11.2 Å². The summed E-state index contributed by atoms with van der Waals surface area (Å²) in [5.74, 6) is 0. The molecule has 0 saturated carbocycles. The molecule has 2 aromatic heterocycles. The number of amides is 1. The third kappa shape index (κ3) is 4.41. The lowest BCUT2D eigenvalue weighted by Gasteiger charge is -2.27. The number of aromatic nitrogens is 3. The van der Waals surface area contributed by atoms with Gasteiger partial charge in [0.05, 0.1) is 24.3 Å². The highest BCUT2D eigenvalue weighted by Gasteiger charge is 2.38. The fourth-order valence-electron chi connectivity index (χ4n) is 3.24. The molecule has 1 aliphatic heterocycles. The molecule has 1 amide bonds. The quantitative estimate of drug-likeness (QED) is 0.778. The molecule has 2 N–H and O–H groups in total. The van der Waals surface area contributed by atoms with Crippen LogP contribution in [0.25, 0.3) is 11.0 Å². The van der Waals surface area contributed by atoms with E-state index in [4.69, 9.17) is 21.7 Å². The third-order valence-corrected chi connectivity index (χ3v) is 4.88. The molecular formula is C18H26N4O4S. The van der Waals surface area contributed by atoms with Crippen LogP contribution in [0, 0.1) is 4.77 Å². The molecule has 9 heteroatoms. The number of hydrogen-bond donors (Lipinski definition) is 2. The van der Waals surface area contributed by atoms with Gasteiger partial charge in [0, 0.05) is 19.3 Å². The maximum Gasteiger partial charge on any atom is 0.410 e. The highest BCUT2D eigenvalue weighted by Crippen LogP contribution is 2.26. The smallest absolute Gasteiger partial charge is 0.410 e. The lowest BCUT2D eigenvalue weighted by atomic mass is 10.1. The van der Waals surface area contributed by atoms with Gasteiger partial charge in [0.2, 0.25) is 0 Å². The van der Waals surface area contributed by atoms with E-state index in [0.717, 1.165) is 11.9 Å². The topological polar surface area (TPSA) is 92.3 Å². The first-order chi connectivity index (χ1) is 12.6. The van der Waals surface area contributed by atoms with Gasteiger partial charge in [-0.2, -0.15) is 0 Å². The van der Waals surface area contributed by atoms with E-state index >= 15 is 0 Å². The zero-order valence-corrected chi connectivity index (χ0v) is 16.9. The van der Waals surface area contributed by atoms with Crippen molar-refractivity contribution in [2.24, 2.45) is 0 Å². The SMILES string of the molecule is CC(C)(C)OC(=O)N1CCC(C)(OCCn2c(=S)[nH]c(=O)c3[nH]ccc32)C1. The van der Waals surface area contributed by atoms with Crippen LogP contribution < -0.4 is 5.56 Å². The Morgan fingerprint density at radius 1 is 1.41 bits per heavy atom. The van der Waals surface area contributed by atoms with E-state index in [2.05, 4.69) is 9.97 Å². The molecule has 0 bridgehead atoms. The summed E-state index contributed by atoms with van der Waals surface area (Å²) in [6, 6.07) is 1.82. The molecule has 1 fully saturated rings. The van der Waals surface area contributed by atoms with Gasteiger partial charge in [-0.1, -0.05) is 0 Å². The van der Waals surface area contributed by atoms with Gasteiger partial charge >= 0.3 is 6.09 Å². The Hall–Kier alpha value is -2.13. The van der Waals surface area contributed by atoms with Crippen molar-refractivity contribution in [2.45, 2.75) is 51.9 Å². The first-order valence-corrected chi connectivity index (χ1v) is 9.41. The summed E-state index contributed by atoms with van der Waals surface area (Å²) in [6.07, 6.45) is 2.14. The summed E-state index contributed by atoms with van der Waals surface area (Å²) in [6.45, 7) is 9.56. The summed E-state index contributed by atoms with van der Waals surface area (Å²) in [5, 5.41) is 0. The van der Waals surface area contributed by atoms with Gasteiger partial charge in [-0.05, 0) is 52.4 Å². The minimum atomic E-state index is -0.514. The lowest BCUT2D eigenvalue weighted by molar-refractivity contribution is -0.0301. The molecule has 0 aliphatic carbocycles. The average molecular weight is 394 g/mol. The monoisotopic (exact) mass is 394 g/mol. The number of carbonyl (C=O) groups excluding carboxylic acids is 1. The van der Waals surface area contributed by atoms with Crippen molar-refractivity contribution < 1.29 is 14.3 Å². The molecule has 27 heavy (non-hydrogen) atoms. The number of fused-ring (bicyclic) bond motifs is 1. The van der Waals surface area contributed by atoms with Crippen LogP contribution in [0.3, 0.4) is 0 Å². The Morgan fingerprint density at radius 2 is 2.15 bits per heavy atom. The first-order valence-electron chi connectivity index (χ1n) is 9.00. The average Bonchev–Trinajstić information content (AvgIpc) is 3.16. The van der Waals surface area contributed by atoms with Crippen LogP contribution in [0.2, 0.25) is 0 Å². The van der Waals surface area contributed by atoms with Gasteiger partial charge < -0.3 is 23.9 Å². The Bertz CT molecular complexity index is 955. The highest BCUT2D eigenvalue weighted by molar-refractivity contribution is 7.71. The maximum atomic E-state index is 12.2. The number of likely N-dealkylation sites (tertiary alicyclic amines) is 1. The molecule has 8 nitrogen and oxygen atoms in total. The number of rotatable bonds is 4. The van der Waals surface area contributed by atoms with Gasteiger partial charge in [0.25, 0.3) is 5.56 Å². The lowest BCUT2D eigenvalue weighted by Crippen LogP contribution is -2.39. The Balaban J connectivity index is 1.62. The molecule has 0 spiro atoms. The molecule has 3 heterocycles. The molecular weight excluding hydrogens is 368 g/mol. The van der Waals surface area contributed by atoms with E-state index in [1.54, 1.807) is 11.1 Å². The Morgan fingerprint density at radius 3 is 2.85 bits per heavy atom. The van der Waals surface area contributed by atoms with Crippen LogP contribution in [0.5, 0.6) is 0 Å². The summed E-state index contributed by atoms with van der Waals surface area (Å²) in [5.41, 5.74) is 0.0667. The number of carbonyl (C=O) groups is 1. The van der Waals surface area contributed by atoms with Crippen molar-refractivity contribution in [2.75, 3.05) is 19.7 Å². The molecule has 1 aliphatic rings. The standard InChI is InChI=1S/C18H26N4O4S/c1-17(2,3)26-16(24)21-8-6-18(4,11-21)25-10-9-22-12-5-7-19-13(12)14(23)20-15(22)27/h5,7,19H,6,8-11H2,1-4H3,(H,20,23,27). The molecule has 1 saturated heterocycles. The molecule has 1 unspecified atom stereocenters. The largest absolute Gasteiger partial charge is 0.444 e. The van der Waals surface area contributed by atoms with Crippen molar-refractivity contribution in [3.05, 3.63) is 27.4 Å². The van der Waals surface area contributed by atoms with Gasteiger partial charge in [-0.25, -0.2) is 4.79 Å². The van der Waals surface area contributed by atoms with Crippen molar-refractivity contribution in [3.8, 4) is 0 Å². The molecule has 1 atom stereocenters. The number of H-pyrrole nitrogens is 2. The minimum Gasteiger partial charge on any atom is -0.444 e. The number of nitrogens with zero attached hydrogens (tertiary/aromatic N) is 2. The van der Waals surface area contributed by atoms with Crippen LogP contribution in [-0.4, -0.2) is 56.4 Å². The Labute approximate surface area is 162 Å². The summed E-state index contributed by atoms with van der Waals surface area (Å²) in [4.78, 5) is 31.4. The van der Waals surface area contributed by atoms with Crippen molar-refractivity contribution in [1.29, 1.82) is 0 Å². The number of ether oxygens (including phenoxy) is 2. The molecule has 3 rings (SSSR count). The highest BCUT2D eigenvalue weighted by atomic mass is 32.1. The normalized spacial score (nSPS) is 20.4. The second-order valence-corrected chi connectivity index (χ2v) is 8.49. The zero-order valence-electron chi connectivity index (χ0n) is 16.1. The van der Waals surface area contributed by atoms with E-state index in [1.807, 2.05) is 38.3 Å². The second-order valence-electron chi connectivity index (χ2n) is 8.10. The van der Waals surface area contributed by atoms with Crippen LogP contribution in [0.15, 0.2) is 17.1 Å². The number of nitrogens with one attached hydrogen (secondary N) is 2. The summed E-state index contributed by atoms with van der Waals surface area (Å²) in [7, 11) is 0. The van der Waals surface area contributed by atoms with Gasteiger partial charge in [-0.3, -0.25) is 9.78 Å². The van der Waals surface area contributed by atoms with Crippen LogP contribution in [0.1, 0.15) is 34.1 Å². The summed E-state index contributed by atoms with van der Waals surface area (Å²) < 4.78 is 13.7. The minimum absolute atomic E-state index is 0.229. The number of aromatic amines is 2. The number of hydrogen-bond acceptors (Lipinski definition) is 5. The van der Waals surface area contributed by atoms with E-state index in [0.29, 0.717) is 36.5 Å². The first kappa shape index (κ1) is 19.6. The van der Waals surface area contributed by atoms with Gasteiger partial charge in [0.1, 0.15) is 11.1 Å². The van der Waals surface area contributed by atoms with E-state index in [1.165, 1.54) is 0 Å². The van der Waals surface area contributed by atoms with E-state index in [9.17, 15) is 9.59 Å². The third-order valence-electron chi connectivity index (χ3n) is 4.56. The second kappa shape index (κ2) is 7.12. The maximum absolute atomic E-state index is 12.2. The fourth-order valence-corrected chi connectivity index (χ4v) is 3.53. The molecule has 0 aromatic carbocycles. The van der Waals surface area contributed by atoms with Crippen molar-refractivity contribution in [3.63, 3.8) is 0 Å². The molecule has 148 valence electrons. The van der Waals surface area contributed by atoms with E-state index in [-0.39, 0.29) is 11.7 Å².